The first-order chi connectivity index (χ1) is 13.1. The molecule has 134 valence electrons. The summed E-state index contributed by atoms with van der Waals surface area (Å²) in [6.45, 7) is 2.34. The van der Waals surface area contributed by atoms with Gasteiger partial charge in [0.05, 0.1) is 10.6 Å². The molecule has 0 N–H and O–H groups in total. The standard InChI is InChI=1S/C21H17N3O3/c1-15-12-17(19-13-23-11-3-2-4-21(23)22-19)7-10-20(15)27-14-16-5-8-18(9-6-16)24(25)26/h2-13H,14H2,1H3. The van der Waals surface area contributed by atoms with Crippen LogP contribution in [-0.2, 0) is 6.61 Å². The Labute approximate surface area is 155 Å². The van der Waals surface area contributed by atoms with Gasteiger partial charge in [-0.1, -0.05) is 6.07 Å². The second-order valence-corrected chi connectivity index (χ2v) is 6.28. The summed E-state index contributed by atoms with van der Waals surface area (Å²) in [5, 5.41) is 10.7. The van der Waals surface area contributed by atoms with Crippen LogP contribution in [0.1, 0.15) is 11.1 Å². The number of nitro benzene ring substituents is 1. The van der Waals surface area contributed by atoms with Gasteiger partial charge >= 0.3 is 0 Å². The zero-order chi connectivity index (χ0) is 18.8. The largest absolute Gasteiger partial charge is 0.489 e. The van der Waals surface area contributed by atoms with Crippen molar-refractivity contribution in [2.24, 2.45) is 0 Å². The lowest BCUT2D eigenvalue weighted by molar-refractivity contribution is -0.384. The molecule has 0 aliphatic heterocycles. The SMILES string of the molecule is Cc1cc(-c2cn3ccccc3n2)ccc1OCc1ccc([N+](=O)[O-])cc1. The van der Waals surface area contributed by atoms with Crippen LogP contribution in [0.4, 0.5) is 5.69 Å². The van der Waals surface area contributed by atoms with Crippen molar-refractivity contribution in [3.05, 3.63) is 94.3 Å². The van der Waals surface area contributed by atoms with Crippen molar-refractivity contribution in [2.45, 2.75) is 13.5 Å². The smallest absolute Gasteiger partial charge is 0.269 e. The summed E-state index contributed by atoms with van der Waals surface area (Å²) in [6, 6.07) is 18.3. The topological polar surface area (TPSA) is 69.7 Å². The van der Waals surface area contributed by atoms with Crippen LogP contribution in [0.15, 0.2) is 73.1 Å². The van der Waals surface area contributed by atoms with Gasteiger partial charge in [-0.3, -0.25) is 10.1 Å². The maximum atomic E-state index is 10.7. The highest BCUT2D eigenvalue weighted by Crippen LogP contribution is 2.27. The number of aromatic nitrogens is 2. The molecule has 0 radical (unpaired) electrons. The Morgan fingerprint density at radius 1 is 1.11 bits per heavy atom. The second-order valence-electron chi connectivity index (χ2n) is 6.28. The van der Waals surface area contributed by atoms with Gasteiger partial charge in [-0.15, -0.1) is 0 Å². The van der Waals surface area contributed by atoms with Crippen molar-refractivity contribution in [3.8, 4) is 17.0 Å². The number of nitrogens with zero attached hydrogens (tertiary/aromatic N) is 3. The molecule has 2 aromatic heterocycles. The average molecular weight is 359 g/mol. The zero-order valence-corrected chi connectivity index (χ0v) is 14.7. The van der Waals surface area contributed by atoms with E-state index in [4.69, 9.17) is 4.74 Å². The van der Waals surface area contributed by atoms with Gasteiger partial charge < -0.3 is 9.14 Å². The van der Waals surface area contributed by atoms with Gasteiger partial charge in [0, 0.05) is 30.1 Å². The summed E-state index contributed by atoms with van der Waals surface area (Å²) in [5.74, 6) is 0.779. The van der Waals surface area contributed by atoms with Gasteiger partial charge in [0.15, 0.2) is 0 Å². The third-order valence-electron chi connectivity index (χ3n) is 4.38. The van der Waals surface area contributed by atoms with Crippen LogP contribution in [0.2, 0.25) is 0 Å². The monoisotopic (exact) mass is 359 g/mol. The van der Waals surface area contributed by atoms with Crippen LogP contribution in [0.25, 0.3) is 16.9 Å². The molecule has 0 aliphatic carbocycles. The van der Waals surface area contributed by atoms with E-state index < -0.39 is 4.92 Å². The molecule has 4 rings (SSSR count). The van der Waals surface area contributed by atoms with E-state index in [1.807, 2.05) is 60.1 Å². The quantitative estimate of drug-likeness (QED) is 0.379. The molecule has 4 aromatic rings. The van der Waals surface area contributed by atoms with Crippen LogP contribution in [-0.4, -0.2) is 14.3 Å². The maximum Gasteiger partial charge on any atom is 0.269 e. The minimum atomic E-state index is -0.410. The molecule has 0 unspecified atom stereocenters. The number of pyridine rings is 1. The number of nitro groups is 1. The van der Waals surface area contributed by atoms with E-state index in [1.54, 1.807) is 12.1 Å². The number of aryl methyl sites for hydroxylation is 1. The van der Waals surface area contributed by atoms with Gasteiger partial charge in [-0.05, 0) is 60.5 Å². The number of fused-ring (bicyclic) bond motifs is 1. The van der Waals surface area contributed by atoms with Crippen LogP contribution in [0.5, 0.6) is 5.75 Å². The van der Waals surface area contributed by atoms with Gasteiger partial charge in [0.1, 0.15) is 18.0 Å². The first-order valence-corrected chi connectivity index (χ1v) is 8.51. The second kappa shape index (κ2) is 6.92. The maximum absolute atomic E-state index is 10.7. The van der Waals surface area contributed by atoms with Gasteiger partial charge in [-0.25, -0.2) is 4.98 Å². The number of non-ortho nitro benzene ring substituents is 1. The summed E-state index contributed by atoms with van der Waals surface area (Å²) in [7, 11) is 0. The summed E-state index contributed by atoms with van der Waals surface area (Å²) >= 11 is 0. The number of rotatable bonds is 5. The van der Waals surface area contributed by atoms with Crippen molar-refractivity contribution in [2.75, 3.05) is 0 Å². The molecule has 0 bridgehead atoms. The Kier molecular flexibility index (Phi) is 4.30. The number of imidazole rings is 1. The number of hydrogen-bond acceptors (Lipinski definition) is 4. The molecule has 0 aliphatic rings. The Balaban J connectivity index is 1.50. The van der Waals surface area contributed by atoms with Gasteiger partial charge in [0.25, 0.3) is 5.69 Å². The van der Waals surface area contributed by atoms with Crippen molar-refractivity contribution in [1.29, 1.82) is 0 Å². The molecule has 27 heavy (non-hydrogen) atoms. The fourth-order valence-corrected chi connectivity index (χ4v) is 2.92. The fourth-order valence-electron chi connectivity index (χ4n) is 2.92. The molecule has 2 aromatic carbocycles. The third kappa shape index (κ3) is 3.50. The summed E-state index contributed by atoms with van der Waals surface area (Å²) in [4.78, 5) is 14.9. The van der Waals surface area contributed by atoms with E-state index in [0.717, 1.165) is 33.8 Å². The molecule has 0 fully saturated rings. The van der Waals surface area contributed by atoms with Crippen LogP contribution < -0.4 is 4.74 Å². The number of benzene rings is 2. The number of ether oxygens (including phenoxy) is 1. The Morgan fingerprint density at radius 2 is 1.93 bits per heavy atom. The molecular formula is C21H17N3O3. The highest BCUT2D eigenvalue weighted by atomic mass is 16.6. The molecule has 0 saturated heterocycles. The predicted molar refractivity (Wildman–Crippen MR) is 103 cm³/mol. The molecule has 0 spiro atoms. The molecule has 0 saturated carbocycles. The normalized spacial score (nSPS) is 10.9. The van der Waals surface area contributed by atoms with E-state index in [9.17, 15) is 10.1 Å². The lowest BCUT2D eigenvalue weighted by atomic mass is 10.1. The zero-order valence-electron chi connectivity index (χ0n) is 14.7. The molecule has 0 atom stereocenters. The van der Waals surface area contributed by atoms with Crippen molar-refractivity contribution < 1.29 is 9.66 Å². The van der Waals surface area contributed by atoms with E-state index in [2.05, 4.69) is 4.98 Å². The first kappa shape index (κ1) is 16.8. The molecule has 2 heterocycles. The van der Waals surface area contributed by atoms with Gasteiger partial charge in [-0.2, -0.15) is 0 Å². The molecular weight excluding hydrogens is 342 g/mol. The van der Waals surface area contributed by atoms with Crippen molar-refractivity contribution in [1.82, 2.24) is 9.38 Å². The summed E-state index contributed by atoms with van der Waals surface area (Å²) in [5.41, 5.74) is 4.80. The molecule has 6 heteroatoms. The summed E-state index contributed by atoms with van der Waals surface area (Å²) < 4.78 is 7.87. The Bertz CT molecular complexity index is 1080. The van der Waals surface area contributed by atoms with Crippen LogP contribution >= 0.6 is 0 Å². The van der Waals surface area contributed by atoms with E-state index in [1.165, 1.54) is 12.1 Å². The molecule has 0 amide bonds. The summed E-state index contributed by atoms with van der Waals surface area (Å²) in [6.07, 6.45) is 3.97. The number of hydrogen-bond donors (Lipinski definition) is 0. The van der Waals surface area contributed by atoms with E-state index in [0.29, 0.717) is 6.61 Å². The lowest BCUT2D eigenvalue weighted by Gasteiger charge is -2.10. The van der Waals surface area contributed by atoms with E-state index >= 15 is 0 Å². The minimum Gasteiger partial charge on any atom is -0.489 e. The van der Waals surface area contributed by atoms with Crippen molar-refractivity contribution in [3.63, 3.8) is 0 Å². The van der Waals surface area contributed by atoms with Crippen molar-refractivity contribution >= 4 is 11.3 Å². The average Bonchev–Trinajstić information content (AvgIpc) is 3.11. The highest BCUT2D eigenvalue weighted by molar-refractivity contribution is 5.64. The third-order valence-corrected chi connectivity index (χ3v) is 4.38. The lowest BCUT2D eigenvalue weighted by Crippen LogP contribution is -1.97. The Morgan fingerprint density at radius 3 is 2.63 bits per heavy atom. The minimum absolute atomic E-state index is 0.0757. The first-order valence-electron chi connectivity index (χ1n) is 8.51. The molecule has 6 nitrogen and oxygen atoms in total. The van der Waals surface area contributed by atoms with E-state index in [-0.39, 0.29) is 5.69 Å². The van der Waals surface area contributed by atoms with Gasteiger partial charge in [0.2, 0.25) is 0 Å². The van der Waals surface area contributed by atoms with Crippen LogP contribution in [0.3, 0.4) is 0 Å². The highest BCUT2D eigenvalue weighted by Gasteiger charge is 2.08. The van der Waals surface area contributed by atoms with Crippen LogP contribution in [0, 0.1) is 17.0 Å². The fraction of sp³-hybridized carbons (Fsp3) is 0.0952. The predicted octanol–water partition coefficient (Wildman–Crippen LogP) is 4.80. The Hall–Kier alpha value is -3.67.